The Morgan fingerprint density at radius 3 is 2.68 bits per heavy atom. The second kappa shape index (κ2) is 15.4. The first kappa shape index (κ1) is 25.6. The summed E-state index contributed by atoms with van der Waals surface area (Å²) in [7, 11) is 1.84. The van der Waals surface area contributed by atoms with Crippen molar-refractivity contribution in [2.24, 2.45) is 10.9 Å². The summed E-state index contributed by atoms with van der Waals surface area (Å²) in [6.45, 7) is 11.2. The van der Waals surface area contributed by atoms with Gasteiger partial charge in [-0.25, -0.2) is 4.98 Å². The summed E-state index contributed by atoms with van der Waals surface area (Å²) in [5, 5.41) is 10.2. The Balaban J connectivity index is 0.00000392. The lowest BCUT2D eigenvalue weighted by Gasteiger charge is -2.31. The minimum Gasteiger partial charge on any atom is -0.381 e. The van der Waals surface area contributed by atoms with Crippen LogP contribution in [0.4, 0.5) is 0 Å². The van der Waals surface area contributed by atoms with Crippen LogP contribution in [-0.2, 0) is 11.3 Å². The number of hydrogen-bond donors (Lipinski definition) is 2. The molecular formula is C20H38IN5OS. The lowest BCUT2D eigenvalue weighted by Crippen LogP contribution is -2.43. The van der Waals surface area contributed by atoms with E-state index in [9.17, 15) is 0 Å². The van der Waals surface area contributed by atoms with E-state index < -0.39 is 0 Å². The van der Waals surface area contributed by atoms with E-state index in [1.807, 2.05) is 7.05 Å². The summed E-state index contributed by atoms with van der Waals surface area (Å²) in [5.74, 6) is 1.62. The molecule has 0 bridgehead atoms. The lowest BCUT2D eigenvalue weighted by molar-refractivity contribution is 0.129. The lowest BCUT2D eigenvalue weighted by atomic mass is 9.97. The van der Waals surface area contributed by atoms with E-state index >= 15 is 0 Å². The van der Waals surface area contributed by atoms with Crippen molar-refractivity contribution in [2.45, 2.75) is 52.5 Å². The Kier molecular flexibility index (Phi) is 14.1. The first-order valence-electron chi connectivity index (χ1n) is 10.4. The van der Waals surface area contributed by atoms with Crippen molar-refractivity contribution in [3.8, 4) is 0 Å². The van der Waals surface area contributed by atoms with Gasteiger partial charge in [0.1, 0.15) is 0 Å². The quantitative estimate of drug-likeness (QED) is 0.201. The van der Waals surface area contributed by atoms with Gasteiger partial charge in [0, 0.05) is 45.3 Å². The number of rotatable bonds is 11. The van der Waals surface area contributed by atoms with Crippen LogP contribution in [0.25, 0.3) is 0 Å². The highest BCUT2D eigenvalue weighted by molar-refractivity contribution is 14.0. The maximum Gasteiger partial charge on any atom is 0.190 e. The summed E-state index contributed by atoms with van der Waals surface area (Å²) in [6, 6.07) is 0. The molecule has 1 aromatic rings. The minimum absolute atomic E-state index is 0. The molecule has 0 unspecified atom stereocenters. The molecule has 0 aromatic carbocycles. The minimum atomic E-state index is 0. The molecule has 1 fully saturated rings. The molecule has 0 atom stereocenters. The molecule has 6 nitrogen and oxygen atoms in total. The average Bonchev–Trinajstić information content (AvgIpc) is 3.09. The van der Waals surface area contributed by atoms with Gasteiger partial charge in [0.2, 0.25) is 0 Å². The predicted octanol–water partition coefficient (Wildman–Crippen LogP) is 3.65. The van der Waals surface area contributed by atoms with E-state index in [1.165, 1.54) is 25.0 Å². The van der Waals surface area contributed by atoms with Crippen LogP contribution in [0.5, 0.6) is 0 Å². The second-order valence-electron chi connectivity index (χ2n) is 7.28. The fraction of sp³-hybridized carbons (Fsp3) is 0.800. The molecule has 1 saturated heterocycles. The van der Waals surface area contributed by atoms with Gasteiger partial charge in [-0.2, -0.15) is 0 Å². The number of aryl methyl sites for hydroxylation is 1. The molecule has 0 amide bonds. The average molecular weight is 524 g/mol. The summed E-state index contributed by atoms with van der Waals surface area (Å²) in [4.78, 5) is 11.4. The maximum atomic E-state index is 5.59. The van der Waals surface area contributed by atoms with E-state index in [1.54, 1.807) is 11.3 Å². The Hall–Kier alpha value is -0.450. The van der Waals surface area contributed by atoms with Crippen LogP contribution in [0.15, 0.2) is 10.4 Å². The Morgan fingerprint density at radius 1 is 1.29 bits per heavy atom. The standard InChI is InChI=1S/C20H37N5OS.HI/c1-4-5-12-26-13-6-9-22-20(21-3)23-14-18-7-10-25(11-8-18)15-19-16-27-17(2)24-19;/h16,18H,4-15H2,1-3H3,(H2,21,22,23);1H. The van der Waals surface area contributed by atoms with Crippen LogP contribution in [0.1, 0.15) is 49.7 Å². The number of halogens is 1. The topological polar surface area (TPSA) is 61.8 Å². The van der Waals surface area contributed by atoms with Gasteiger partial charge in [-0.15, -0.1) is 35.3 Å². The number of ether oxygens (including phenoxy) is 1. The van der Waals surface area contributed by atoms with Crippen LogP contribution >= 0.6 is 35.3 Å². The van der Waals surface area contributed by atoms with Crippen molar-refractivity contribution in [3.05, 3.63) is 16.1 Å². The van der Waals surface area contributed by atoms with E-state index in [0.29, 0.717) is 5.92 Å². The molecule has 1 aliphatic heterocycles. The molecule has 0 saturated carbocycles. The van der Waals surface area contributed by atoms with Crippen LogP contribution < -0.4 is 10.6 Å². The zero-order valence-electron chi connectivity index (χ0n) is 17.7. The van der Waals surface area contributed by atoms with Gasteiger partial charge in [-0.05, 0) is 51.6 Å². The number of piperidine rings is 1. The number of aliphatic imine (C=N–C) groups is 1. The SMILES string of the molecule is CCCCOCCCNC(=NC)NCC1CCN(Cc2csc(C)n2)CC1.I. The number of unbranched alkanes of at least 4 members (excludes halogenated alkanes) is 1. The first-order chi connectivity index (χ1) is 13.2. The molecule has 28 heavy (non-hydrogen) atoms. The molecule has 162 valence electrons. The molecule has 0 spiro atoms. The number of nitrogens with zero attached hydrogens (tertiary/aromatic N) is 3. The third kappa shape index (κ3) is 10.4. The summed E-state index contributed by atoms with van der Waals surface area (Å²) < 4.78 is 5.59. The molecule has 1 aliphatic rings. The van der Waals surface area contributed by atoms with Crippen molar-refractivity contribution in [1.29, 1.82) is 0 Å². The molecule has 0 aliphatic carbocycles. The van der Waals surface area contributed by atoms with Crippen molar-refractivity contribution in [2.75, 3.05) is 46.4 Å². The molecule has 8 heteroatoms. The van der Waals surface area contributed by atoms with Gasteiger partial charge in [-0.3, -0.25) is 9.89 Å². The van der Waals surface area contributed by atoms with Crippen LogP contribution in [0, 0.1) is 12.8 Å². The molecule has 2 heterocycles. The third-order valence-corrected chi connectivity index (χ3v) is 5.76. The highest BCUT2D eigenvalue weighted by Crippen LogP contribution is 2.19. The molecule has 2 N–H and O–H groups in total. The van der Waals surface area contributed by atoms with Gasteiger partial charge in [0.05, 0.1) is 10.7 Å². The van der Waals surface area contributed by atoms with Gasteiger partial charge < -0.3 is 15.4 Å². The van der Waals surface area contributed by atoms with Crippen molar-refractivity contribution >= 4 is 41.3 Å². The number of nitrogens with one attached hydrogen (secondary N) is 2. The Labute approximate surface area is 192 Å². The molecular weight excluding hydrogens is 485 g/mol. The third-order valence-electron chi connectivity index (χ3n) is 4.94. The number of guanidine groups is 1. The Morgan fingerprint density at radius 2 is 2.04 bits per heavy atom. The molecule has 0 radical (unpaired) electrons. The van der Waals surface area contributed by atoms with Gasteiger partial charge in [0.25, 0.3) is 0 Å². The van der Waals surface area contributed by atoms with Crippen LogP contribution in [0.3, 0.4) is 0 Å². The van der Waals surface area contributed by atoms with Gasteiger partial charge in [-0.1, -0.05) is 13.3 Å². The second-order valence-corrected chi connectivity index (χ2v) is 8.34. The van der Waals surface area contributed by atoms with Gasteiger partial charge >= 0.3 is 0 Å². The number of likely N-dealkylation sites (tertiary alicyclic amines) is 1. The summed E-state index contributed by atoms with van der Waals surface area (Å²) in [6.07, 6.45) is 5.83. The van der Waals surface area contributed by atoms with E-state index in [-0.39, 0.29) is 24.0 Å². The fourth-order valence-corrected chi connectivity index (χ4v) is 3.85. The normalized spacial score (nSPS) is 16.0. The number of hydrogen-bond acceptors (Lipinski definition) is 5. The highest BCUT2D eigenvalue weighted by atomic mass is 127. The van der Waals surface area contributed by atoms with Crippen molar-refractivity contribution < 1.29 is 4.74 Å². The van der Waals surface area contributed by atoms with Crippen LogP contribution in [-0.4, -0.2) is 62.3 Å². The zero-order valence-corrected chi connectivity index (χ0v) is 20.9. The summed E-state index contributed by atoms with van der Waals surface area (Å²) >= 11 is 1.74. The van der Waals surface area contributed by atoms with E-state index in [4.69, 9.17) is 4.74 Å². The van der Waals surface area contributed by atoms with E-state index in [0.717, 1.165) is 69.7 Å². The fourth-order valence-electron chi connectivity index (χ4n) is 3.25. The monoisotopic (exact) mass is 523 g/mol. The van der Waals surface area contributed by atoms with Gasteiger partial charge in [0.15, 0.2) is 5.96 Å². The molecule has 1 aromatic heterocycles. The maximum absolute atomic E-state index is 5.59. The zero-order chi connectivity index (χ0) is 19.3. The number of thiazole rings is 1. The number of aromatic nitrogens is 1. The highest BCUT2D eigenvalue weighted by Gasteiger charge is 2.20. The molecule has 2 rings (SSSR count). The van der Waals surface area contributed by atoms with Crippen LogP contribution in [0.2, 0.25) is 0 Å². The van der Waals surface area contributed by atoms with E-state index in [2.05, 4.69) is 44.7 Å². The van der Waals surface area contributed by atoms with Crippen molar-refractivity contribution in [1.82, 2.24) is 20.5 Å². The Bertz CT molecular complexity index is 546. The first-order valence-corrected chi connectivity index (χ1v) is 11.2. The predicted molar refractivity (Wildman–Crippen MR) is 130 cm³/mol. The largest absolute Gasteiger partial charge is 0.381 e. The summed E-state index contributed by atoms with van der Waals surface area (Å²) in [5.41, 5.74) is 1.22. The smallest absolute Gasteiger partial charge is 0.190 e. The van der Waals surface area contributed by atoms with Crippen molar-refractivity contribution in [3.63, 3.8) is 0 Å².